The van der Waals surface area contributed by atoms with E-state index in [-0.39, 0.29) is 6.04 Å². The smallest absolute Gasteiger partial charge is 0.127 e. The van der Waals surface area contributed by atoms with Crippen LogP contribution < -0.4 is 14.8 Å². The zero-order chi connectivity index (χ0) is 13.8. The van der Waals surface area contributed by atoms with Crippen molar-refractivity contribution < 1.29 is 9.47 Å². The Hall–Kier alpha value is -2.01. The molecular formula is C14H19N3O2. The lowest BCUT2D eigenvalue weighted by Gasteiger charge is -2.18. The molecule has 0 spiro atoms. The molecule has 0 aliphatic carbocycles. The molecule has 2 rings (SSSR count). The van der Waals surface area contributed by atoms with Gasteiger partial charge < -0.3 is 19.4 Å². The molecule has 1 atom stereocenters. The molecule has 19 heavy (non-hydrogen) atoms. The highest BCUT2D eigenvalue weighted by molar-refractivity contribution is 5.44. The van der Waals surface area contributed by atoms with Gasteiger partial charge in [-0.25, -0.2) is 4.98 Å². The molecule has 1 unspecified atom stereocenters. The Kier molecular flexibility index (Phi) is 4.06. The second-order valence-electron chi connectivity index (χ2n) is 4.29. The SMILES string of the molecule is CNC(c1cn(C)cn1)c1ccc(OC)cc1OC. The summed E-state index contributed by atoms with van der Waals surface area (Å²) >= 11 is 0. The quantitative estimate of drug-likeness (QED) is 0.890. The van der Waals surface area contributed by atoms with E-state index in [1.807, 2.05) is 43.1 Å². The monoisotopic (exact) mass is 261 g/mol. The van der Waals surface area contributed by atoms with Gasteiger partial charge in [-0.3, -0.25) is 0 Å². The number of ether oxygens (including phenoxy) is 2. The number of methoxy groups -OCH3 is 2. The molecule has 1 aromatic carbocycles. The van der Waals surface area contributed by atoms with E-state index in [0.717, 1.165) is 22.8 Å². The minimum atomic E-state index is -0.0120. The van der Waals surface area contributed by atoms with E-state index in [1.165, 1.54) is 0 Å². The molecule has 0 radical (unpaired) electrons. The Morgan fingerprint density at radius 1 is 1.26 bits per heavy atom. The van der Waals surface area contributed by atoms with Gasteiger partial charge in [0.2, 0.25) is 0 Å². The molecule has 102 valence electrons. The number of imidazole rings is 1. The van der Waals surface area contributed by atoms with E-state index < -0.39 is 0 Å². The highest BCUT2D eigenvalue weighted by atomic mass is 16.5. The van der Waals surface area contributed by atoms with Crippen molar-refractivity contribution in [1.29, 1.82) is 0 Å². The normalized spacial score (nSPS) is 12.2. The minimum Gasteiger partial charge on any atom is -0.497 e. The van der Waals surface area contributed by atoms with Gasteiger partial charge in [-0.15, -0.1) is 0 Å². The van der Waals surface area contributed by atoms with Crippen molar-refractivity contribution in [1.82, 2.24) is 14.9 Å². The average molecular weight is 261 g/mol. The van der Waals surface area contributed by atoms with E-state index in [2.05, 4.69) is 10.3 Å². The lowest BCUT2D eigenvalue weighted by atomic mass is 10.0. The van der Waals surface area contributed by atoms with Crippen LogP contribution in [-0.2, 0) is 7.05 Å². The number of rotatable bonds is 5. The summed E-state index contributed by atoms with van der Waals surface area (Å²) in [4.78, 5) is 4.39. The molecule has 5 heteroatoms. The van der Waals surface area contributed by atoms with Gasteiger partial charge in [-0.2, -0.15) is 0 Å². The topological polar surface area (TPSA) is 48.3 Å². The first kappa shape index (κ1) is 13.4. The lowest BCUT2D eigenvalue weighted by Crippen LogP contribution is -2.18. The van der Waals surface area contributed by atoms with Gasteiger partial charge in [-0.1, -0.05) is 0 Å². The second kappa shape index (κ2) is 5.75. The van der Waals surface area contributed by atoms with Crippen molar-refractivity contribution in [2.75, 3.05) is 21.3 Å². The van der Waals surface area contributed by atoms with Gasteiger partial charge in [0.1, 0.15) is 11.5 Å². The fourth-order valence-corrected chi connectivity index (χ4v) is 2.10. The standard InChI is InChI=1S/C14H19N3O2/c1-15-14(12-8-17(2)9-16-12)11-6-5-10(18-3)7-13(11)19-4/h5-9,14-15H,1-4H3. The summed E-state index contributed by atoms with van der Waals surface area (Å²) in [5.74, 6) is 1.56. The molecule has 0 bridgehead atoms. The van der Waals surface area contributed by atoms with Gasteiger partial charge in [-0.05, 0) is 19.2 Å². The van der Waals surface area contributed by atoms with E-state index in [0.29, 0.717) is 0 Å². The number of hydrogen-bond acceptors (Lipinski definition) is 4. The first-order valence-electron chi connectivity index (χ1n) is 6.06. The van der Waals surface area contributed by atoms with Crippen molar-refractivity contribution in [2.45, 2.75) is 6.04 Å². The first-order valence-corrected chi connectivity index (χ1v) is 6.06. The predicted octanol–water partition coefficient (Wildman–Crippen LogP) is 1.75. The fraction of sp³-hybridized carbons (Fsp3) is 0.357. The van der Waals surface area contributed by atoms with Gasteiger partial charge in [0.15, 0.2) is 0 Å². The summed E-state index contributed by atoms with van der Waals surface area (Å²) in [5, 5.41) is 3.26. The zero-order valence-electron chi connectivity index (χ0n) is 11.7. The second-order valence-corrected chi connectivity index (χ2v) is 4.29. The van der Waals surface area contributed by atoms with Crippen LogP contribution >= 0.6 is 0 Å². The third kappa shape index (κ3) is 2.71. The molecule has 0 amide bonds. The van der Waals surface area contributed by atoms with Gasteiger partial charge >= 0.3 is 0 Å². The number of benzene rings is 1. The lowest BCUT2D eigenvalue weighted by molar-refractivity contribution is 0.388. The summed E-state index contributed by atoms with van der Waals surface area (Å²) in [7, 11) is 7.16. The number of nitrogens with zero attached hydrogens (tertiary/aromatic N) is 2. The number of aryl methyl sites for hydroxylation is 1. The van der Waals surface area contributed by atoms with Crippen LogP contribution in [0.2, 0.25) is 0 Å². The van der Waals surface area contributed by atoms with E-state index in [9.17, 15) is 0 Å². The van der Waals surface area contributed by atoms with Crippen LogP contribution in [0.3, 0.4) is 0 Å². The van der Waals surface area contributed by atoms with Crippen LogP contribution in [0.5, 0.6) is 11.5 Å². The number of hydrogen-bond donors (Lipinski definition) is 1. The zero-order valence-corrected chi connectivity index (χ0v) is 11.7. The molecule has 1 heterocycles. The van der Waals surface area contributed by atoms with Gasteiger partial charge in [0.25, 0.3) is 0 Å². The molecule has 0 saturated heterocycles. The highest BCUT2D eigenvalue weighted by Crippen LogP contribution is 2.32. The summed E-state index contributed by atoms with van der Waals surface area (Å²) in [6.45, 7) is 0. The summed E-state index contributed by atoms with van der Waals surface area (Å²) in [6.07, 6.45) is 3.78. The van der Waals surface area contributed by atoms with E-state index in [1.54, 1.807) is 20.5 Å². The first-order chi connectivity index (χ1) is 9.19. The van der Waals surface area contributed by atoms with Gasteiger partial charge in [0, 0.05) is 24.9 Å². The van der Waals surface area contributed by atoms with Crippen molar-refractivity contribution >= 4 is 0 Å². The third-order valence-electron chi connectivity index (χ3n) is 3.06. The third-order valence-corrected chi connectivity index (χ3v) is 3.06. The van der Waals surface area contributed by atoms with Crippen LogP contribution in [0.15, 0.2) is 30.7 Å². The molecule has 0 saturated carbocycles. The molecule has 1 aromatic heterocycles. The van der Waals surface area contributed by atoms with E-state index in [4.69, 9.17) is 9.47 Å². The van der Waals surface area contributed by atoms with Crippen LogP contribution in [0.25, 0.3) is 0 Å². The maximum absolute atomic E-state index is 5.44. The Morgan fingerprint density at radius 3 is 2.58 bits per heavy atom. The largest absolute Gasteiger partial charge is 0.497 e. The molecule has 0 aliphatic rings. The molecule has 2 aromatic rings. The molecule has 0 fully saturated rings. The molecular weight excluding hydrogens is 242 g/mol. The van der Waals surface area contributed by atoms with Crippen LogP contribution in [-0.4, -0.2) is 30.8 Å². The summed E-state index contributed by atoms with van der Waals surface area (Å²) < 4.78 is 12.6. The van der Waals surface area contributed by atoms with Crippen molar-refractivity contribution in [3.8, 4) is 11.5 Å². The van der Waals surface area contributed by atoms with Crippen LogP contribution in [0.1, 0.15) is 17.3 Å². The van der Waals surface area contributed by atoms with Crippen molar-refractivity contribution in [2.24, 2.45) is 7.05 Å². The Balaban J connectivity index is 2.43. The molecule has 5 nitrogen and oxygen atoms in total. The minimum absolute atomic E-state index is 0.0120. The number of nitrogens with one attached hydrogen (secondary N) is 1. The average Bonchev–Trinajstić information content (AvgIpc) is 2.86. The molecule has 1 N–H and O–H groups in total. The Labute approximate surface area is 113 Å². The number of aromatic nitrogens is 2. The maximum Gasteiger partial charge on any atom is 0.127 e. The Bertz CT molecular complexity index is 551. The highest BCUT2D eigenvalue weighted by Gasteiger charge is 2.19. The predicted molar refractivity (Wildman–Crippen MR) is 73.7 cm³/mol. The Morgan fingerprint density at radius 2 is 2.05 bits per heavy atom. The van der Waals surface area contributed by atoms with Crippen molar-refractivity contribution in [3.63, 3.8) is 0 Å². The summed E-state index contributed by atoms with van der Waals surface area (Å²) in [6, 6.07) is 5.78. The van der Waals surface area contributed by atoms with Crippen molar-refractivity contribution in [3.05, 3.63) is 42.0 Å². The summed E-state index contributed by atoms with van der Waals surface area (Å²) in [5.41, 5.74) is 1.98. The molecule has 0 aliphatic heterocycles. The maximum atomic E-state index is 5.44. The van der Waals surface area contributed by atoms with Gasteiger partial charge in [0.05, 0.1) is 32.3 Å². The fourth-order valence-electron chi connectivity index (χ4n) is 2.10. The van der Waals surface area contributed by atoms with E-state index >= 15 is 0 Å². The van der Waals surface area contributed by atoms with Crippen LogP contribution in [0.4, 0.5) is 0 Å². The van der Waals surface area contributed by atoms with Crippen LogP contribution in [0, 0.1) is 0 Å².